The second-order valence-electron chi connectivity index (χ2n) is 6.12. The van der Waals surface area contributed by atoms with Crippen LogP contribution in [0.1, 0.15) is 30.5 Å². The van der Waals surface area contributed by atoms with Gasteiger partial charge in [0.2, 0.25) is 0 Å². The van der Waals surface area contributed by atoms with Gasteiger partial charge in [0.05, 0.1) is 6.10 Å². The highest BCUT2D eigenvalue weighted by molar-refractivity contribution is 6.31. The van der Waals surface area contributed by atoms with Crippen LogP contribution in [0.5, 0.6) is 5.75 Å². The van der Waals surface area contributed by atoms with Crippen molar-refractivity contribution in [2.45, 2.75) is 40.2 Å². The van der Waals surface area contributed by atoms with Gasteiger partial charge in [0.1, 0.15) is 5.75 Å². The first-order chi connectivity index (χ1) is 9.99. The highest BCUT2D eigenvalue weighted by atomic mass is 35.5. The molecule has 0 radical (unpaired) electrons. The third-order valence-corrected chi connectivity index (χ3v) is 4.42. The van der Waals surface area contributed by atoms with Crippen LogP contribution >= 0.6 is 11.6 Å². The van der Waals surface area contributed by atoms with Crippen LogP contribution in [-0.2, 0) is 6.42 Å². The highest BCUT2D eigenvalue weighted by Gasteiger charge is 2.17. The number of rotatable bonds is 5. The van der Waals surface area contributed by atoms with E-state index in [-0.39, 0.29) is 6.10 Å². The van der Waals surface area contributed by atoms with Gasteiger partial charge in [0.25, 0.3) is 0 Å². The van der Waals surface area contributed by atoms with Crippen LogP contribution < -0.4 is 10.1 Å². The molecule has 118 valence electrons. The zero-order valence-corrected chi connectivity index (χ0v) is 14.4. The molecule has 21 heavy (non-hydrogen) atoms. The summed E-state index contributed by atoms with van der Waals surface area (Å²) in [6.07, 6.45) is 1.18. The molecule has 0 spiro atoms. The van der Waals surface area contributed by atoms with Gasteiger partial charge in [-0.1, -0.05) is 11.6 Å². The molecule has 2 rings (SSSR count). The number of ether oxygens (including phenoxy) is 1. The minimum absolute atomic E-state index is 0.183. The fraction of sp³-hybridized carbons (Fsp3) is 0.647. The number of piperazine rings is 1. The summed E-state index contributed by atoms with van der Waals surface area (Å²) in [6, 6.07) is 2.02. The van der Waals surface area contributed by atoms with Gasteiger partial charge in [0.15, 0.2) is 0 Å². The normalized spacial score (nSPS) is 16.5. The lowest BCUT2D eigenvalue weighted by Crippen LogP contribution is -2.44. The van der Waals surface area contributed by atoms with Crippen LogP contribution in [0.15, 0.2) is 6.07 Å². The van der Waals surface area contributed by atoms with E-state index >= 15 is 0 Å². The second-order valence-corrected chi connectivity index (χ2v) is 6.52. The molecule has 4 heteroatoms. The quantitative estimate of drug-likeness (QED) is 0.904. The van der Waals surface area contributed by atoms with Gasteiger partial charge in [-0.15, -0.1) is 0 Å². The predicted octanol–water partition coefficient (Wildman–Crippen LogP) is 3.19. The molecular weight excluding hydrogens is 284 g/mol. The Balaban J connectivity index is 2.18. The van der Waals surface area contributed by atoms with Crippen molar-refractivity contribution in [1.29, 1.82) is 0 Å². The SMILES string of the molecule is Cc1cc(Cl)c(C)c(CCN2CCNCC2)c1OC(C)C. The smallest absolute Gasteiger partial charge is 0.126 e. The van der Waals surface area contributed by atoms with Crippen LogP contribution in [-0.4, -0.2) is 43.7 Å². The standard InChI is InChI=1S/C17H27ClN2O/c1-12(2)21-17-13(3)11-16(18)14(4)15(17)5-8-20-9-6-19-7-10-20/h11-12,19H,5-10H2,1-4H3. The Kier molecular flexibility index (Phi) is 5.91. The van der Waals surface area contributed by atoms with Crippen LogP contribution in [0.25, 0.3) is 0 Å². The molecule has 1 aromatic carbocycles. The molecule has 0 aliphatic carbocycles. The van der Waals surface area contributed by atoms with E-state index in [0.717, 1.165) is 61.0 Å². The molecule has 1 fully saturated rings. The maximum absolute atomic E-state index is 6.37. The van der Waals surface area contributed by atoms with Gasteiger partial charge in [-0.25, -0.2) is 0 Å². The number of hydrogen-bond donors (Lipinski definition) is 1. The summed E-state index contributed by atoms with van der Waals surface area (Å²) in [5, 5.41) is 4.24. The van der Waals surface area contributed by atoms with Crippen molar-refractivity contribution in [3.05, 3.63) is 27.8 Å². The van der Waals surface area contributed by atoms with Crippen LogP contribution in [0.4, 0.5) is 0 Å². The van der Waals surface area contributed by atoms with Crippen molar-refractivity contribution >= 4 is 11.6 Å². The average molecular weight is 311 g/mol. The first kappa shape index (κ1) is 16.6. The van der Waals surface area contributed by atoms with Gasteiger partial charge in [0, 0.05) is 43.3 Å². The van der Waals surface area contributed by atoms with Crippen LogP contribution in [0, 0.1) is 13.8 Å². The first-order valence-corrected chi connectivity index (χ1v) is 8.25. The molecule has 1 aliphatic rings. The van der Waals surface area contributed by atoms with E-state index in [0.29, 0.717) is 0 Å². The molecule has 1 heterocycles. The Morgan fingerprint density at radius 3 is 2.57 bits per heavy atom. The topological polar surface area (TPSA) is 24.5 Å². The van der Waals surface area contributed by atoms with Crippen molar-refractivity contribution < 1.29 is 4.74 Å². The number of nitrogens with zero attached hydrogens (tertiary/aromatic N) is 1. The summed E-state index contributed by atoms with van der Waals surface area (Å²) in [5.41, 5.74) is 3.56. The van der Waals surface area contributed by atoms with E-state index in [1.165, 1.54) is 5.56 Å². The lowest BCUT2D eigenvalue weighted by atomic mass is 10.00. The Bertz CT molecular complexity index is 482. The lowest BCUT2D eigenvalue weighted by Gasteiger charge is -2.28. The molecule has 1 N–H and O–H groups in total. The number of hydrogen-bond acceptors (Lipinski definition) is 3. The fourth-order valence-corrected chi connectivity index (χ4v) is 3.10. The zero-order valence-electron chi connectivity index (χ0n) is 13.6. The van der Waals surface area contributed by atoms with E-state index in [9.17, 15) is 0 Å². The summed E-state index contributed by atoms with van der Waals surface area (Å²) >= 11 is 6.37. The minimum Gasteiger partial charge on any atom is -0.490 e. The zero-order chi connectivity index (χ0) is 15.4. The minimum atomic E-state index is 0.183. The van der Waals surface area contributed by atoms with E-state index in [2.05, 4.69) is 37.9 Å². The van der Waals surface area contributed by atoms with Crippen molar-refractivity contribution in [3.63, 3.8) is 0 Å². The molecule has 0 amide bonds. The fourth-order valence-electron chi connectivity index (χ4n) is 2.82. The van der Waals surface area contributed by atoms with E-state index in [4.69, 9.17) is 16.3 Å². The Hall–Kier alpha value is -0.770. The molecule has 0 bridgehead atoms. The van der Waals surface area contributed by atoms with Gasteiger partial charge in [-0.05, 0) is 51.3 Å². The van der Waals surface area contributed by atoms with Gasteiger partial charge >= 0.3 is 0 Å². The lowest BCUT2D eigenvalue weighted by molar-refractivity contribution is 0.229. The molecule has 0 saturated carbocycles. The van der Waals surface area contributed by atoms with Crippen molar-refractivity contribution in [2.75, 3.05) is 32.7 Å². The molecule has 3 nitrogen and oxygen atoms in total. The number of halogens is 1. The van der Waals surface area contributed by atoms with Gasteiger partial charge < -0.3 is 15.0 Å². The summed E-state index contributed by atoms with van der Waals surface area (Å²) in [5.74, 6) is 1.03. The third-order valence-electron chi connectivity index (χ3n) is 4.03. The monoisotopic (exact) mass is 310 g/mol. The number of nitrogens with one attached hydrogen (secondary N) is 1. The van der Waals surface area contributed by atoms with Gasteiger partial charge in [-0.3, -0.25) is 0 Å². The molecule has 0 unspecified atom stereocenters. The maximum atomic E-state index is 6.37. The summed E-state index contributed by atoms with van der Waals surface area (Å²) in [6.45, 7) is 13.8. The molecule has 1 aliphatic heterocycles. The molecule has 0 atom stereocenters. The number of aryl methyl sites for hydroxylation is 1. The summed E-state index contributed by atoms with van der Waals surface area (Å²) < 4.78 is 6.06. The summed E-state index contributed by atoms with van der Waals surface area (Å²) in [4.78, 5) is 2.51. The Morgan fingerprint density at radius 1 is 1.29 bits per heavy atom. The van der Waals surface area contributed by atoms with Gasteiger partial charge in [-0.2, -0.15) is 0 Å². The average Bonchev–Trinajstić information content (AvgIpc) is 2.45. The molecule has 0 aromatic heterocycles. The van der Waals surface area contributed by atoms with Crippen LogP contribution in [0.2, 0.25) is 5.02 Å². The van der Waals surface area contributed by atoms with Crippen molar-refractivity contribution in [1.82, 2.24) is 10.2 Å². The van der Waals surface area contributed by atoms with Crippen LogP contribution in [0.3, 0.4) is 0 Å². The highest BCUT2D eigenvalue weighted by Crippen LogP contribution is 2.33. The number of benzene rings is 1. The van der Waals surface area contributed by atoms with Crippen molar-refractivity contribution in [3.8, 4) is 5.75 Å². The summed E-state index contributed by atoms with van der Waals surface area (Å²) in [7, 11) is 0. The largest absolute Gasteiger partial charge is 0.490 e. The Morgan fingerprint density at radius 2 is 1.95 bits per heavy atom. The maximum Gasteiger partial charge on any atom is 0.126 e. The third kappa shape index (κ3) is 4.35. The van der Waals surface area contributed by atoms with Crippen molar-refractivity contribution in [2.24, 2.45) is 0 Å². The van der Waals surface area contributed by atoms with E-state index in [1.807, 2.05) is 6.07 Å². The second kappa shape index (κ2) is 7.48. The molecule has 1 aromatic rings. The molecular formula is C17H27ClN2O. The van der Waals surface area contributed by atoms with E-state index in [1.54, 1.807) is 0 Å². The molecule has 1 saturated heterocycles. The Labute approximate surface area is 133 Å². The first-order valence-electron chi connectivity index (χ1n) is 7.87. The predicted molar refractivity (Wildman–Crippen MR) is 89.7 cm³/mol. The van der Waals surface area contributed by atoms with E-state index < -0.39 is 0 Å².